The zero-order chi connectivity index (χ0) is 15.9. The van der Waals surface area contributed by atoms with Gasteiger partial charge in [-0.1, -0.05) is 25.1 Å². The minimum atomic E-state index is -0.631. The lowest BCUT2D eigenvalue weighted by atomic mass is 10.3. The number of ether oxygens (including phenoxy) is 1. The first-order valence-corrected chi connectivity index (χ1v) is 7.33. The SMILES string of the molecule is CCCn1cc(NC(=O)C(C)Oc2ccccc2)ccc1=O. The quantitative estimate of drug-likeness (QED) is 0.892. The lowest BCUT2D eigenvalue weighted by Crippen LogP contribution is -2.30. The summed E-state index contributed by atoms with van der Waals surface area (Å²) >= 11 is 0. The van der Waals surface area contributed by atoms with Gasteiger partial charge in [0.25, 0.3) is 11.5 Å². The van der Waals surface area contributed by atoms with Crippen LogP contribution in [0.5, 0.6) is 5.75 Å². The number of benzene rings is 1. The molecule has 1 atom stereocenters. The average Bonchev–Trinajstić information content (AvgIpc) is 2.52. The van der Waals surface area contributed by atoms with Gasteiger partial charge < -0.3 is 14.6 Å². The summed E-state index contributed by atoms with van der Waals surface area (Å²) in [5.41, 5.74) is 0.509. The highest BCUT2D eigenvalue weighted by Gasteiger charge is 2.15. The summed E-state index contributed by atoms with van der Waals surface area (Å²) in [6.07, 6.45) is 1.87. The smallest absolute Gasteiger partial charge is 0.265 e. The molecule has 1 aromatic carbocycles. The Labute approximate surface area is 129 Å². The van der Waals surface area contributed by atoms with E-state index in [4.69, 9.17) is 4.74 Å². The maximum atomic E-state index is 12.1. The number of carbonyl (C=O) groups is 1. The van der Waals surface area contributed by atoms with Crippen LogP contribution < -0.4 is 15.6 Å². The summed E-state index contributed by atoms with van der Waals surface area (Å²) in [5.74, 6) is 0.381. The fourth-order valence-electron chi connectivity index (χ4n) is 2.02. The van der Waals surface area contributed by atoms with Crippen LogP contribution >= 0.6 is 0 Å². The minimum Gasteiger partial charge on any atom is -0.481 e. The molecule has 1 aromatic heterocycles. The van der Waals surface area contributed by atoms with Crippen LogP contribution in [0, 0.1) is 0 Å². The van der Waals surface area contributed by atoms with E-state index in [9.17, 15) is 9.59 Å². The number of nitrogens with one attached hydrogen (secondary N) is 1. The highest BCUT2D eigenvalue weighted by molar-refractivity contribution is 5.93. The predicted octanol–water partition coefficient (Wildman–Crippen LogP) is 2.66. The van der Waals surface area contributed by atoms with Gasteiger partial charge in [-0.3, -0.25) is 9.59 Å². The Hall–Kier alpha value is -2.56. The van der Waals surface area contributed by atoms with Crippen molar-refractivity contribution in [1.82, 2.24) is 4.57 Å². The third-order valence-electron chi connectivity index (χ3n) is 3.14. The molecule has 0 saturated heterocycles. The van der Waals surface area contributed by atoms with Gasteiger partial charge in [0, 0.05) is 18.8 Å². The molecule has 0 fully saturated rings. The molecule has 0 aliphatic heterocycles. The second-order valence-corrected chi connectivity index (χ2v) is 5.01. The number of hydrogen-bond acceptors (Lipinski definition) is 3. The van der Waals surface area contributed by atoms with Gasteiger partial charge in [-0.15, -0.1) is 0 Å². The molecule has 0 spiro atoms. The van der Waals surface area contributed by atoms with Crippen molar-refractivity contribution >= 4 is 11.6 Å². The van der Waals surface area contributed by atoms with Gasteiger partial charge in [0.2, 0.25) is 0 Å². The predicted molar refractivity (Wildman–Crippen MR) is 86.2 cm³/mol. The molecule has 116 valence electrons. The topological polar surface area (TPSA) is 60.3 Å². The number of anilines is 1. The minimum absolute atomic E-state index is 0.0755. The number of aromatic nitrogens is 1. The maximum absolute atomic E-state index is 12.1. The second-order valence-electron chi connectivity index (χ2n) is 5.01. The summed E-state index contributed by atoms with van der Waals surface area (Å²) in [6, 6.07) is 12.2. The van der Waals surface area contributed by atoms with Gasteiger partial charge in [0.15, 0.2) is 6.10 Å². The maximum Gasteiger partial charge on any atom is 0.265 e. The van der Waals surface area contributed by atoms with Gasteiger partial charge in [0.05, 0.1) is 5.69 Å². The Morgan fingerprint density at radius 2 is 1.95 bits per heavy atom. The zero-order valence-corrected chi connectivity index (χ0v) is 12.8. The van der Waals surface area contributed by atoms with Crippen molar-refractivity contribution < 1.29 is 9.53 Å². The highest BCUT2D eigenvalue weighted by Crippen LogP contribution is 2.12. The third kappa shape index (κ3) is 4.22. The van der Waals surface area contributed by atoms with E-state index < -0.39 is 6.10 Å². The largest absolute Gasteiger partial charge is 0.481 e. The number of carbonyl (C=O) groups excluding carboxylic acids is 1. The van der Waals surface area contributed by atoms with E-state index in [-0.39, 0.29) is 11.5 Å². The molecule has 0 aliphatic rings. The Morgan fingerprint density at radius 3 is 2.64 bits per heavy atom. The number of rotatable bonds is 6. The normalized spacial score (nSPS) is 11.7. The van der Waals surface area contributed by atoms with Crippen LogP contribution in [0.2, 0.25) is 0 Å². The number of nitrogens with zero attached hydrogens (tertiary/aromatic N) is 1. The monoisotopic (exact) mass is 300 g/mol. The fourth-order valence-corrected chi connectivity index (χ4v) is 2.02. The average molecular weight is 300 g/mol. The molecule has 22 heavy (non-hydrogen) atoms. The van der Waals surface area contributed by atoms with Crippen molar-refractivity contribution in [2.24, 2.45) is 0 Å². The van der Waals surface area contributed by atoms with Crippen molar-refractivity contribution in [3.8, 4) is 5.75 Å². The molecule has 1 unspecified atom stereocenters. The van der Waals surface area contributed by atoms with Crippen LogP contribution in [0.15, 0.2) is 53.5 Å². The summed E-state index contributed by atoms with van der Waals surface area (Å²) in [7, 11) is 0. The number of aryl methyl sites for hydroxylation is 1. The number of hydrogen-bond donors (Lipinski definition) is 1. The molecular weight excluding hydrogens is 280 g/mol. The van der Waals surface area contributed by atoms with Gasteiger partial charge in [-0.25, -0.2) is 0 Å². The molecule has 5 nitrogen and oxygen atoms in total. The highest BCUT2D eigenvalue weighted by atomic mass is 16.5. The van der Waals surface area contributed by atoms with Crippen molar-refractivity contribution in [2.45, 2.75) is 32.9 Å². The van der Waals surface area contributed by atoms with Gasteiger partial charge in [0.1, 0.15) is 5.75 Å². The molecule has 2 rings (SSSR count). The molecule has 0 radical (unpaired) electrons. The van der Waals surface area contributed by atoms with Crippen LogP contribution in [-0.2, 0) is 11.3 Å². The van der Waals surface area contributed by atoms with Crippen molar-refractivity contribution in [2.75, 3.05) is 5.32 Å². The molecule has 0 bridgehead atoms. The molecule has 5 heteroatoms. The first kappa shape index (κ1) is 15.8. The van der Waals surface area contributed by atoms with Gasteiger partial charge in [-0.05, 0) is 31.5 Å². The van der Waals surface area contributed by atoms with Gasteiger partial charge >= 0.3 is 0 Å². The Kier molecular flexibility index (Phi) is 5.36. The van der Waals surface area contributed by atoms with Crippen molar-refractivity contribution in [1.29, 1.82) is 0 Å². The molecular formula is C17H20N2O3. The van der Waals surface area contributed by atoms with E-state index in [1.165, 1.54) is 6.07 Å². The lowest BCUT2D eigenvalue weighted by molar-refractivity contribution is -0.122. The van der Waals surface area contributed by atoms with E-state index in [1.54, 1.807) is 35.9 Å². The molecule has 1 amide bonds. The Bertz CT molecular complexity index is 680. The van der Waals surface area contributed by atoms with E-state index in [1.807, 2.05) is 25.1 Å². The van der Waals surface area contributed by atoms with Crippen LogP contribution in [0.1, 0.15) is 20.3 Å². The second kappa shape index (κ2) is 7.45. The van der Waals surface area contributed by atoms with E-state index >= 15 is 0 Å². The van der Waals surface area contributed by atoms with E-state index in [2.05, 4.69) is 5.32 Å². The third-order valence-corrected chi connectivity index (χ3v) is 3.14. The van der Waals surface area contributed by atoms with Crippen LogP contribution in [0.25, 0.3) is 0 Å². The van der Waals surface area contributed by atoms with E-state index in [0.717, 1.165) is 6.42 Å². The van der Waals surface area contributed by atoms with Crippen LogP contribution in [0.4, 0.5) is 5.69 Å². The number of pyridine rings is 1. The number of para-hydroxylation sites is 1. The standard InChI is InChI=1S/C17H20N2O3/c1-3-11-19-12-14(9-10-16(19)20)18-17(21)13(2)22-15-7-5-4-6-8-15/h4-10,12-13H,3,11H2,1-2H3,(H,18,21). The zero-order valence-electron chi connectivity index (χ0n) is 12.8. The fraction of sp³-hybridized carbons (Fsp3) is 0.294. The first-order chi connectivity index (χ1) is 10.6. The van der Waals surface area contributed by atoms with Crippen LogP contribution in [-0.4, -0.2) is 16.6 Å². The van der Waals surface area contributed by atoms with E-state index in [0.29, 0.717) is 18.0 Å². The molecule has 1 heterocycles. The summed E-state index contributed by atoms with van der Waals surface area (Å²) < 4.78 is 7.15. The Balaban J connectivity index is 2.02. The first-order valence-electron chi connectivity index (χ1n) is 7.33. The summed E-state index contributed by atoms with van der Waals surface area (Å²) in [5, 5.41) is 2.76. The van der Waals surface area contributed by atoms with Crippen LogP contribution in [0.3, 0.4) is 0 Å². The lowest BCUT2D eigenvalue weighted by Gasteiger charge is -2.15. The molecule has 1 N–H and O–H groups in total. The Morgan fingerprint density at radius 1 is 1.23 bits per heavy atom. The van der Waals surface area contributed by atoms with Crippen molar-refractivity contribution in [3.63, 3.8) is 0 Å². The molecule has 0 saturated carbocycles. The summed E-state index contributed by atoms with van der Waals surface area (Å²) in [6.45, 7) is 4.30. The summed E-state index contributed by atoms with van der Waals surface area (Å²) in [4.78, 5) is 23.8. The molecule has 0 aliphatic carbocycles. The molecule has 2 aromatic rings. The van der Waals surface area contributed by atoms with Gasteiger partial charge in [-0.2, -0.15) is 0 Å². The van der Waals surface area contributed by atoms with Crippen molar-refractivity contribution in [3.05, 3.63) is 59.0 Å². The number of amides is 1.